The van der Waals surface area contributed by atoms with Crippen LogP contribution in [0, 0.1) is 0 Å². The van der Waals surface area contributed by atoms with E-state index in [0.717, 1.165) is 28.7 Å². The van der Waals surface area contributed by atoms with Crippen molar-refractivity contribution in [2.75, 3.05) is 0 Å². The smallest absolute Gasteiger partial charge is 0.186 e. The zero-order valence-electron chi connectivity index (χ0n) is 13.5. The van der Waals surface area contributed by atoms with Gasteiger partial charge in [0.15, 0.2) is 5.78 Å². The van der Waals surface area contributed by atoms with Crippen molar-refractivity contribution in [2.24, 2.45) is 0 Å². The maximum absolute atomic E-state index is 12.4. The molecule has 0 unspecified atom stereocenters. The monoisotopic (exact) mass is 314 g/mol. The summed E-state index contributed by atoms with van der Waals surface area (Å²) in [5.41, 5.74) is 4.80. The van der Waals surface area contributed by atoms with E-state index in [1.165, 1.54) is 0 Å². The number of hydrogen-bond donors (Lipinski definition) is 0. The first-order valence-corrected chi connectivity index (χ1v) is 7.93. The Balaban J connectivity index is 1.83. The zero-order valence-corrected chi connectivity index (χ0v) is 13.5. The second kappa shape index (κ2) is 7.47. The van der Waals surface area contributed by atoms with Crippen molar-refractivity contribution in [1.82, 2.24) is 9.97 Å². The Labute approximate surface area is 141 Å². The van der Waals surface area contributed by atoms with Gasteiger partial charge in [0.25, 0.3) is 0 Å². The van der Waals surface area contributed by atoms with Crippen molar-refractivity contribution < 1.29 is 4.79 Å². The first kappa shape index (κ1) is 15.8. The zero-order chi connectivity index (χ0) is 16.8. The summed E-state index contributed by atoms with van der Waals surface area (Å²) in [4.78, 5) is 20.7. The average Bonchev–Trinajstić information content (AvgIpc) is 2.67. The molecule has 0 saturated heterocycles. The molecule has 0 radical (unpaired) electrons. The Morgan fingerprint density at radius 3 is 2.62 bits per heavy atom. The molecule has 0 saturated carbocycles. The predicted octanol–water partition coefficient (Wildman–Crippen LogP) is 4.60. The van der Waals surface area contributed by atoms with Gasteiger partial charge in [0, 0.05) is 35.9 Å². The van der Waals surface area contributed by atoms with Crippen LogP contribution in [-0.2, 0) is 6.42 Å². The van der Waals surface area contributed by atoms with Crippen LogP contribution in [0.3, 0.4) is 0 Å². The highest BCUT2D eigenvalue weighted by atomic mass is 16.1. The third-order valence-corrected chi connectivity index (χ3v) is 3.86. The molecular formula is C21H18N2O. The van der Waals surface area contributed by atoms with Crippen LogP contribution in [-0.4, -0.2) is 15.8 Å². The molecule has 0 fully saturated rings. The van der Waals surface area contributed by atoms with Gasteiger partial charge in [0.1, 0.15) is 0 Å². The minimum Gasteiger partial charge on any atom is -0.289 e. The first-order chi connectivity index (χ1) is 11.8. The van der Waals surface area contributed by atoms with Crippen molar-refractivity contribution in [3.05, 3.63) is 90.0 Å². The van der Waals surface area contributed by atoms with E-state index in [4.69, 9.17) is 0 Å². The van der Waals surface area contributed by atoms with Crippen LogP contribution in [0.25, 0.3) is 17.2 Å². The number of carbonyl (C=O) groups excluding carboxylic acids is 1. The lowest BCUT2D eigenvalue weighted by Gasteiger charge is -2.04. The second-order valence-electron chi connectivity index (χ2n) is 5.45. The number of carbonyl (C=O) groups is 1. The Hall–Kier alpha value is -3.07. The summed E-state index contributed by atoms with van der Waals surface area (Å²) in [5, 5.41) is 0. The third-order valence-electron chi connectivity index (χ3n) is 3.86. The van der Waals surface area contributed by atoms with Crippen LogP contribution in [0.1, 0.15) is 28.4 Å². The Bertz CT molecular complexity index is 870. The van der Waals surface area contributed by atoms with Crippen molar-refractivity contribution in [3.8, 4) is 11.1 Å². The van der Waals surface area contributed by atoms with Gasteiger partial charge in [-0.05, 0) is 47.4 Å². The second-order valence-corrected chi connectivity index (χ2v) is 5.45. The SMILES string of the molecule is CCc1cnccc1C(=O)/C=C/c1cccc(-c2cccnc2)c1. The Morgan fingerprint density at radius 1 is 1.00 bits per heavy atom. The lowest BCUT2D eigenvalue weighted by Crippen LogP contribution is -2.00. The van der Waals surface area contributed by atoms with E-state index in [-0.39, 0.29) is 5.78 Å². The van der Waals surface area contributed by atoms with Crippen LogP contribution in [0.4, 0.5) is 0 Å². The lowest BCUT2D eigenvalue weighted by atomic mass is 10.0. The highest BCUT2D eigenvalue weighted by molar-refractivity contribution is 6.07. The molecule has 3 aromatic rings. The molecule has 0 aliphatic carbocycles. The molecule has 0 aliphatic heterocycles. The summed E-state index contributed by atoms with van der Waals surface area (Å²) < 4.78 is 0. The standard InChI is InChI=1S/C21H18N2O/c1-2-17-14-23-12-10-20(17)21(24)9-8-16-5-3-6-18(13-16)19-7-4-11-22-15-19/h3-15H,2H2,1H3/b9-8+. The van der Waals surface area contributed by atoms with Crippen molar-refractivity contribution in [1.29, 1.82) is 0 Å². The number of benzene rings is 1. The van der Waals surface area contributed by atoms with Gasteiger partial charge in [-0.25, -0.2) is 0 Å². The summed E-state index contributed by atoms with van der Waals surface area (Å²) >= 11 is 0. The van der Waals surface area contributed by atoms with E-state index in [1.807, 2.05) is 55.6 Å². The lowest BCUT2D eigenvalue weighted by molar-refractivity contribution is 0.104. The fraction of sp³-hybridized carbons (Fsp3) is 0.0952. The number of aromatic nitrogens is 2. The molecule has 0 spiro atoms. The first-order valence-electron chi connectivity index (χ1n) is 7.93. The molecule has 2 aromatic heterocycles. The molecule has 0 bridgehead atoms. The van der Waals surface area contributed by atoms with E-state index in [9.17, 15) is 4.79 Å². The van der Waals surface area contributed by atoms with Crippen molar-refractivity contribution >= 4 is 11.9 Å². The summed E-state index contributed by atoms with van der Waals surface area (Å²) in [7, 11) is 0. The van der Waals surface area contributed by atoms with Crippen LogP contribution in [0.15, 0.2) is 73.3 Å². The fourth-order valence-electron chi connectivity index (χ4n) is 2.57. The quantitative estimate of drug-likeness (QED) is 0.510. The molecule has 1 aromatic carbocycles. The van der Waals surface area contributed by atoms with Gasteiger partial charge >= 0.3 is 0 Å². The molecule has 118 valence electrons. The number of ketones is 1. The number of pyridine rings is 2. The van der Waals surface area contributed by atoms with E-state index in [0.29, 0.717) is 5.56 Å². The molecule has 0 atom stereocenters. The Kier molecular flexibility index (Phi) is 4.92. The molecule has 3 heteroatoms. The molecule has 24 heavy (non-hydrogen) atoms. The topological polar surface area (TPSA) is 42.9 Å². The number of hydrogen-bond acceptors (Lipinski definition) is 3. The highest BCUT2D eigenvalue weighted by Gasteiger charge is 2.07. The number of nitrogens with zero attached hydrogens (tertiary/aromatic N) is 2. The Morgan fingerprint density at radius 2 is 1.83 bits per heavy atom. The van der Waals surface area contributed by atoms with Gasteiger partial charge in [-0.2, -0.15) is 0 Å². The minimum atomic E-state index is 0.000954. The van der Waals surface area contributed by atoms with Gasteiger partial charge in [-0.15, -0.1) is 0 Å². The predicted molar refractivity (Wildman–Crippen MR) is 96.7 cm³/mol. The van der Waals surface area contributed by atoms with Gasteiger partial charge < -0.3 is 0 Å². The molecule has 3 rings (SSSR count). The number of aryl methyl sites for hydroxylation is 1. The fourth-order valence-corrected chi connectivity index (χ4v) is 2.57. The summed E-state index contributed by atoms with van der Waals surface area (Å²) in [6.45, 7) is 2.02. The van der Waals surface area contributed by atoms with Crippen molar-refractivity contribution in [2.45, 2.75) is 13.3 Å². The normalized spacial score (nSPS) is 10.9. The van der Waals surface area contributed by atoms with Gasteiger partial charge in [0.2, 0.25) is 0 Å². The van der Waals surface area contributed by atoms with E-state index < -0.39 is 0 Å². The van der Waals surface area contributed by atoms with E-state index >= 15 is 0 Å². The minimum absolute atomic E-state index is 0.000954. The highest BCUT2D eigenvalue weighted by Crippen LogP contribution is 2.20. The van der Waals surface area contributed by atoms with Gasteiger partial charge in [-0.3, -0.25) is 14.8 Å². The third kappa shape index (κ3) is 3.63. The molecule has 3 nitrogen and oxygen atoms in total. The van der Waals surface area contributed by atoms with E-state index in [2.05, 4.69) is 9.97 Å². The largest absolute Gasteiger partial charge is 0.289 e. The van der Waals surface area contributed by atoms with Crippen LogP contribution < -0.4 is 0 Å². The molecular weight excluding hydrogens is 296 g/mol. The van der Waals surface area contributed by atoms with E-state index in [1.54, 1.807) is 30.7 Å². The van der Waals surface area contributed by atoms with Gasteiger partial charge in [0.05, 0.1) is 0 Å². The summed E-state index contributed by atoms with van der Waals surface area (Å²) in [5.74, 6) is 0.000954. The average molecular weight is 314 g/mol. The number of rotatable bonds is 5. The maximum atomic E-state index is 12.4. The van der Waals surface area contributed by atoms with Crippen LogP contribution in [0.2, 0.25) is 0 Å². The molecule has 0 amide bonds. The summed E-state index contributed by atoms with van der Waals surface area (Å²) in [6.07, 6.45) is 11.3. The van der Waals surface area contributed by atoms with Crippen LogP contribution >= 0.6 is 0 Å². The molecule has 0 aliphatic rings. The molecule has 0 N–H and O–H groups in total. The maximum Gasteiger partial charge on any atom is 0.186 e. The number of allylic oxidation sites excluding steroid dienone is 1. The molecule has 2 heterocycles. The van der Waals surface area contributed by atoms with Crippen LogP contribution in [0.5, 0.6) is 0 Å². The van der Waals surface area contributed by atoms with Crippen molar-refractivity contribution in [3.63, 3.8) is 0 Å². The summed E-state index contributed by atoms with van der Waals surface area (Å²) in [6, 6.07) is 13.8. The van der Waals surface area contributed by atoms with Gasteiger partial charge in [-0.1, -0.05) is 37.3 Å².